The van der Waals surface area contributed by atoms with Crippen LogP contribution in [0.15, 0.2) is 16.9 Å². The Labute approximate surface area is 116 Å². The topological polar surface area (TPSA) is 63.4 Å². The predicted octanol–water partition coefficient (Wildman–Crippen LogP) is 1.56. The average molecular weight is 315 g/mol. The lowest BCUT2D eigenvalue weighted by molar-refractivity contribution is -0.0191. The zero-order valence-corrected chi connectivity index (χ0v) is 12.1. The Hall–Kier alpha value is -0.850. The summed E-state index contributed by atoms with van der Waals surface area (Å²) in [7, 11) is 0. The van der Waals surface area contributed by atoms with Gasteiger partial charge in [0, 0.05) is 25.8 Å². The van der Waals surface area contributed by atoms with Gasteiger partial charge in [-0.15, -0.1) is 0 Å². The van der Waals surface area contributed by atoms with Crippen LogP contribution in [0, 0.1) is 0 Å². The molecule has 0 bridgehead atoms. The SMILES string of the molecule is CCN1CCOC(CNc2c(N)cncc2Br)C1. The van der Waals surface area contributed by atoms with Crippen LogP contribution in [0.5, 0.6) is 0 Å². The van der Waals surface area contributed by atoms with Gasteiger partial charge in [-0.25, -0.2) is 0 Å². The van der Waals surface area contributed by atoms with E-state index in [0.717, 1.165) is 42.9 Å². The fourth-order valence-electron chi connectivity index (χ4n) is 2.04. The van der Waals surface area contributed by atoms with Crippen LogP contribution in [0.2, 0.25) is 0 Å². The van der Waals surface area contributed by atoms with E-state index in [4.69, 9.17) is 10.5 Å². The molecule has 0 saturated carbocycles. The van der Waals surface area contributed by atoms with Gasteiger partial charge in [0.2, 0.25) is 0 Å². The van der Waals surface area contributed by atoms with Gasteiger partial charge in [0.25, 0.3) is 0 Å². The summed E-state index contributed by atoms with van der Waals surface area (Å²) in [6.07, 6.45) is 3.59. The lowest BCUT2D eigenvalue weighted by atomic mass is 10.2. The number of nitrogens with two attached hydrogens (primary N) is 1. The molecule has 1 aromatic heterocycles. The lowest BCUT2D eigenvalue weighted by Gasteiger charge is -2.32. The summed E-state index contributed by atoms with van der Waals surface area (Å²) in [5.41, 5.74) is 7.42. The first-order valence-electron chi connectivity index (χ1n) is 6.17. The number of hydrogen-bond acceptors (Lipinski definition) is 5. The van der Waals surface area contributed by atoms with Crippen LogP contribution in [0.25, 0.3) is 0 Å². The van der Waals surface area contributed by atoms with Crippen molar-refractivity contribution >= 4 is 27.3 Å². The monoisotopic (exact) mass is 314 g/mol. The maximum atomic E-state index is 5.88. The number of pyridine rings is 1. The zero-order chi connectivity index (χ0) is 13.0. The summed E-state index contributed by atoms with van der Waals surface area (Å²) in [5.74, 6) is 0. The second-order valence-electron chi connectivity index (χ2n) is 4.35. The minimum Gasteiger partial charge on any atom is -0.396 e. The smallest absolute Gasteiger partial charge is 0.0874 e. The Morgan fingerprint density at radius 1 is 1.61 bits per heavy atom. The van der Waals surface area contributed by atoms with Crippen molar-refractivity contribution in [2.45, 2.75) is 13.0 Å². The van der Waals surface area contributed by atoms with Crippen molar-refractivity contribution in [3.05, 3.63) is 16.9 Å². The number of ether oxygens (including phenoxy) is 1. The van der Waals surface area contributed by atoms with Crippen molar-refractivity contribution in [3.63, 3.8) is 0 Å². The largest absolute Gasteiger partial charge is 0.396 e. The number of likely N-dealkylation sites (N-methyl/N-ethyl adjacent to an activating group) is 1. The van der Waals surface area contributed by atoms with Crippen LogP contribution in [0.4, 0.5) is 11.4 Å². The van der Waals surface area contributed by atoms with E-state index in [1.165, 1.54) is 0 Å². The first kappa shape index (κ1) is 13.6. The van der Waals surface area contributed by atoms with Crippen molar-refractivity contribution in [2.24, 2.45) is 0 Å². The van der Waals surface area contributed by atoms with E-state index in [9.17, 15) is 0 Å². The Morgan fingerprint density at radius 2 is 2.44 bits per heavy atom. The number of morpholine rings is 1. The van der Waals surface area contributed by atoms with Gasteiger partial charge in [-0.2, -0.15) is 0 Å². The van der Waals surface area contributed by atoms with Gasteiger partial charge in [-0.3, -0.25) is 9.88 Å². The summed E-state index contributed by atoms with van der Waals surface area (Å²) < 4.78 is 6.62. The second kappa shape index (κ2) is 6.36. The molecule has 1 atom stereocenters. The molecule has 0 aliphatic carbocycles. The average Bonchev–Trinajstić information content (AvgIpc) is 2.38. The van der Waals surface area contributed by atoms with E-state index >= 15 is 0 Å². The third-order valence-corrected chi connectivity index (χ3v) is 3.71. The molecule has 1 unspecified atom stereocenters. The summed E-state index contributed by atoms with van der Waals surface area (Å²) in [4.78, 5) is 6.40. The van der Waals surface area contributed by atoms with Crippen molar-refractivity contribution in [2.75, 3.05) is 43.8 Å². The highest BCUT2D eigenvalue weighted by molar-refractivity contribution is 9.10. The van der Waals surface area contributed by atoms with Crippen molar-refractivity contribution in [1.82, 2.24) is 9.88 Å². The standard InChI is InChI=1S/C12H19BrN4O/c1-2-17-3-4-18-9(8-17)5-16-12-10(13)6-15-7-11(12)14/h6-7,9H,2-5,8,14H2,1H3,(H,15,16). The van der Waals surface area contributed by atoms with Gasteiger partial charge in [0.1, 0.15) is 0 Å². The predicted molar refractivity (Wildman–Crippen MR) is 76.7 cm³/mol. The molecule has 1 aromatic rings. The Bertz CT molecular complexity index is 381. The van der Waals surface area contributed by atoms with Gasteiger partial charge >= 0.3 is 0 Å². The number of halogens is 1. The summed E-state index contributed by atoms with van der Waals surface area (Å²) in [6.45, 7) is 6.78. The molecule has 18 heavy (non-hydrogen) atoms. The third kappa shape index (κ3) is 3.34. The first-order chi connectivity index (χ1) is 8.70. The highest BCUT2D eigenvalue weighted by atomic mass is 79.9. The molecule has 0 radical (unpaired) electrons. The summed E-state index contributed by atoms with van der Waals surface area (Å²) in [5, 5.41) is 3.33. The normalized spacial score (nSPS) is 20.9. The fourth-order valence-corrected chi connectivity index (χ4v) is 2.53. The molecule has 2 rings (SSSR count). The molecule has 2 heterocycles. The minimum absolute atomic E-state index is 0.207. The molecule has 3 N–H and O–H groups in total. The van der Waals surface area contributed by atoms with Gasteiger partial charge in [0.15, 0.2) is 0 Å². The molecular weight excluding hydrogens is 296 g/mol. The number of nitrogen functional groups attached to an aromatic ring is 1. The van der Waals surface area contributed by atoms with Gasteiger partial charge in [0.05, 0.1) is 34.8 Å². The maximum Gasteiger partial charge on any atom is 0.0874 e. The number of nitrogens with zero attached hydrogens (tertiary/aromatic N) is 2. The lowest BCUT2D eigenvalue weighted by Crippen LogP contribution is -2.45. The summed E-state index contributed by atoms with van der Waals surface area (Å²) >= 11 is 3.44. The van der Waals surface area contributed by atoms with E-state index < -0.39 is 0 Å². The maximum absolute atomic E-state index is 5.88. The molecule has 5 nitrogen and oxygen atoms in total. The van der Waals surface area contributed by atoms with Crippen molar-refractivity contribution in [3.8, 4) is 0 Å². The Morgan fingerprint density at radius 3 is 3.17 bits per heavy atom. The van der Waals surface area contributed by atoms with Gasteiger partial charge in [-0.05, 0) is 22.5 Å². The van der Waals surface area contributed by atoms with E-state index in [0.29, 0.717) is 5.69 Å². The van der Waals surface area contributed by atoms with Crippen LogP contribution in [0.3, 0.4) is 0 Å². The van der Waals surface area contributed by atoms with E-state index in [2.05, 4.69) is 38.1 Å². The summed E-state index contributed by atoms with van der Waals surface area (Å²) in [6, 6.07) is 0. The van der Waals surface area contributed by atoms with Gasteiger partial charge in [-0.1, -0.05) is 6.92 Å². The van der Waals surface area contributed by atoms with E-state index in [1.54, 1.807) is 12.4 Å². The molecule has 1 fully saturated rings. The zero-order valence-electron chi connectivity index (χ0n) is 10.5. The van der Waals surface area contributed by atoms with Crippen molar-refractivity contribution in [1.29, 1.82) is 0 Å². The highest BCUT2D eigenvalue weighted by Gasteiger charge is 2.19. The van der Waals surface area contributed by atoms with Crippen LogP contribution in [-0.4, -0.2) is 48.8 Å². The molecule has 100 valence electrons. The van der Waals surface area contributed by atoms with Crippen LogP contribution < -0.4 is 11.1 Å². The molecule has 0 amide bonds. The van der Waals surface area contributed by atoms with E-state index in [-0.39, 0.29) is 6.10 Å². The molecule has 0 spiro atoms. The van der Waals surface area contributed by atoms with E-state index in [1.807, 2.05) is 0 Å². The Balaban J connectivity index is 1.91. The van der Waals surface area contributed by atoms with Crippen LogP contribution in [0.1, 0.15) is 6.92 Å². The molecular formula is C12H19BrN4O. The number of hydrogen-bond donors (Lipinski definition) is 2. The molecule has 1 aliphatic rings. The number of aromatic nitrogens is 1. The Kier molecular flexibility index (Phi) is 4.79. The highest BCUT2D eigenvalue weighted by Crippen LogP contribution is 2.27. The first-order valence-corrected chi connectivity index (χ1v) is 6.96. The molecule has 6 heteroatoms. The van der Waals surface area contributed by atoms with Crippen LogP contribution in [-0.2, 0) is 4.74 Å². The van der Waals surface area contributed by atoms with Crippen LogP contribution >= 0.6 is 15.9 Å². The molecule has 1 saturated heterocycles. The number of anilines is 2. The minimum atomic E-state index is 0.207. The number of nitrogens with one attached hydrogen (secondary N) is 1. The quantitative estimate of drug-likeness (QED) is 0.883. The second-order valence-corrected chi connectivity index (χ2v) is 5.21. The molecule has 1 aliphatic heterocycles. The fraction of sp³-hybridized carbons (Fsp3) is 0.583. The molecule has 0 aromatic carbocycles. The van der Waals surface area contributed by atoms with Crippen molar-refractivity contribution < 1.29 is 4.74 Å². The van der Waals surface area contributed by atoms with Gasteiger partial charge < -0.3 is 15.8 Å². The number of rotatable bonds is 4. The third-order valence-electron chi connectivity index (χ3n) is 3.11.